The Bertz CT molecular complexity index is 460. The van der Waals surface area contributed by atoms with E-state index in [1.54, 1.807) is 4.90 Å². The molecular weight excluding hydrogens is 268 g/mol. The van der Waals surface area contributed by atoms with Crippen molar-refractivity contribution in [3.63, 3.8) is 0 Å². The smallest absolute Gasteiger partial charge is 0.326 e. The third kappa shape index (κ3) is 5.85. The standard InChI is InChI=1S/C16H24N2O3/c1-4-18(11-13-8-6-5-7-9-13)16(21)17-14(15(19)20)10-12(2)3/h5-9,12,14H,4,10-11H2,1-3H3,(H,17,21)(H,19,20)/t14-/m1/s1. The Morgan fingerprint density at radius 1 is 1.24 bits per heavy atom. The van der Waals surface area contributed by atoms with Gasteiger partial charge in [0.25, 0.3) is 0 Å². The molecular formula is C16H24N2O3. The number of aliphatic carboxylic acids is 1. The Kier molecular flexibility index (Phi) is 6.72. The van der Waals surface area contributed by atoms with Crippen LogP contribution in [0.15, 0.2) is 30.3 Å². The lowest BCUT2D eigenvalue weighted by molar-refractivity contribution is -0.139. The van der Waals surface area contributed by atoms with E-state index >= 15 is 0 Å². The van der Waals surface area contributed by atoms with Gasteiger partial charge in [-0.2, -0.15) is 0 Å². The Morgan fingerprint density at radius 3 is 2.33 bits per heavy atom. The summed E-state index contributed by atoms with van der Waals surface area (Å²) in [5.74, 6) is -0.789. The first kappa shape index (κ1) is 17.0. The Balaban J connectivity index is 2.67. The zero-order valence-corrected chi connectivity index (χ0v) is 12.9. The number of benzene rings is 1. The fourth-order valence-electron chi connectivity index (χ4n) is 2.06. The number of rotatable bonds is 7. The number of hydrogen-bond donors (Lipinski definition) is 2. The van der Waals surface area contributed by atoms with Crippen LogP contribution < -0.4 is 5.32 Å². The van der Waals surface area contributed by atoms with Gasteiger partial charge in [0.15, 0.2) is 0 Å². The van der Waals surface area contributed by atoms with E-state index in [1.807, 2.05) is 51.1 Å². The van der Waals surface area contributed by atoms with Gasteiger partial charge in [-0.05, 0) is 24.8 Å². The van der Waals surface area contributed by atoms with E-state index in [2.05, 4.69) is 5.32 Å². The highest BCUT2D eigenvalue weighted by Crippen LogP contribution is 2.08. The van der Waals surface area contributed by atoms with Crippen LogP contribution in [0.1, 0.15) is 32.8 Å². The SMILES string of the molecule is CCN(Cc1ccccc1)C(=O)N[C@H](CC(C)C)C(=O)O. The molecule has 5 nitrogen and oxygen atoms in total. The van der Waals surface area contributed by atoms with Crippen molar-refractivity contribution < 1.29 is 14.7 Å². The number of carboxylic acids is 1. The van der Waals surface area contributed by atoms with E-state index in [0.29, 0.717) is 19.5 Å². The predicted octanol–water partition coefficient (Wildman–Crippen LogP) is 2.72. The number of carboxylic acid groups (broad SMARTS) is 1. The van der Waals surface area contributed by atoms with Crippen molar-refractivity contribution in [2.45, 2.75) is 39.8 Å². The number of hydrogen-bond acceptors (Lipinski definition) is 2. The Hall–Kier alpha value is -2.04. The van der Waals surface area contributed by atoms with E-state index in [1.165, 1.54) is 0 Å². The van der Waals surface area contributed by atoms with Crippen molar-refractivity contribution in [2.75, 3.05) is 6.54 Å². The molecule has 1 atom stereocenters. The molecule has 1 aromatic rings. The van der Waals surface area contributed by atoms with Crippen LogP contribution in [0.3, 0.4) is 0 Å². The number of carbonyl (C=O) groups is 2. The molecule has 0 heterocycles. The van der Waals surface area contributed by atoms with Gasteiger partial charge in [0.2, 0.25) is 0 Å². The second-order valence-electron chi connectivity index (χ2n) is 5.47. The van der Waals surface area contributed by atoms with Gasteiger partial charge >= 0.3 is 12.0 Å². The minimum absolute atomic E-state index is 0.204. The molecule has 1 aromatic carbocycles. The molecule has 2 amide bonds. The molecule has 0 saturated carbocycles. The summed E-state index contributed by atoms with van der Waals surface area (Å²) in [6.45, 7) is 6.74. The van der Waals surface area contributed by atoms with Crippen molar-refractivity contribution in [1.82, 2.24) is 10.2 Å². The van der Waals surface area contributed by atoms with E-state index < -0.39 is 12.0 Å². The van der Waals surface area contributed by atoms with E-state index in [0.717, 1.165) is 5.56 Å². The van der Waals surface area contributed by atoms with Crippen molar-refractivity contribution in [1.29, 1.82) is 0 Å². The first-order chi connectivity index (χ1) is 9.93. The summed E-state index contributed by atoms with van der Waals surface area (Å²) in [5.41, 5.74) is 1.02. The lowest BCUT2D eigenvalue weighted by atomic mass is 10.0. The number of urea groups is 1. The molecule has 0 saturated heterocycles. The molecule has 0 aliphatic carbocycles. The second-order valence-corrected chi connectivity index (χ2v) is 5.47. The predicted molar refractivity (Wildman–Crippen MR) is 81.9 cm³/mol. The van der Waals surface area contributed by atoms with Gasteiger partial charge in [0.1, 0.15) is 6.04 Å². The Labute approximate surface area is 126 Å². The van der Waals surface area contributed by atoms with Crippen LogP contribution in [0.2, 0.25) is 0 Å². The molecule has 0 aliphatic rings. The zero-order chi connectivity index (χ0) is 15.8. The molecule has 0 spiro atoms. The average molecular weight is 292 g/mol. The number of nitrogens with one attached hydrogen (secondary N) is 1. The molecule has 0 unspecified atom stereocenters. The van der Waals surface area contributed by atoms with Gasteiger partial charge in [-0.3, -0.25) is 0 Å². The first-order valence-corrected chi connectivity index (χ1v) is 7.26. The quantitative estimate of drug-likeness (QED) is 0.812. The lowest BCUT2D eigenvalue weighted by Gasteiger charge is -2.24. The fourth-order valence-corrected chi connectivity index (χ4v) is 2.06. The molecule has 0 bridgehead atoms. The third-order valence-electron chi connectivity index (χ3n) is 3.19. The molecule has 116 valence electrons. The first-order valence-electron chi connectivity index (χ1n) is 7.26. The third-order valence-corrected chi connectivity index (χ3v) is 3.19. The molecule has 0 aromatic heterocycles. The molecule has 5 heteroatoms. The normalized spacial score (nSPS) is 12.0. The summed E-state index contributed by atoms with van der Waals surface area (Å²) in [7, 11) is 0. The van der Waals surface area contributed by atoms with Crippen LogP contribution in [0.25, 0.3) is 0 Å². The summed E-state index contributed by atoms with van der Waals surface area (Å²) >= 11 is 0. The maximum absolute atomic E-state index is 12.2. The lowest BCUT2D eigenvalue weighted by Crippen LogP contribution is -2.48. The fraction of sp³-hybridized carbons (Fsp3) is 0.500. The highest BCUT2D eigenvalue weighted by atomic mass is 16.4. The van der Waals surface area contributed by atoms with E-state index in [4.69, 9.17) is 0 Å². The molecule has 0 radical (unpaired) electrons. The number of amides is 2. The Morgan fingerprint density at radius 2 is 1.86 bits per heavy atom. The van der Waals surface area contributed by atoms with Gasteiger partial charge in [-0.25, -0.2) is 9.59 Å². The van der Waals surface area contributed by atoms with Crippen molar-refractivity contribution in [2.24, 2.45) is 5.92 Å². The summed E-state index contributed by atoms with van der Waals surface area (Å²) < 4.78 is 0. The summed E-state index contributed by atoms with van der Waals surface area (Å²) in [4.78, 5) is 25.0. The van der Waals surface area contributed by atoms with Crippen LogP contribution in [0.5, 0.6) is 0 Å². The zero-order valence-electron chi connectivity index (χ0n) is 12.9. The molecule has 1 rings (SSSR count). The summed E-state index contributed by atoms with van der Waals surface area (Å²) in [6.07, 6.45) is 0.421. The molecule has 21 heavy (non-hydrogen) atoms. The largest absolute Gasteiger partial charge is 0.480 e. The van der Waals surface area contributed by atoms with Crippen LogP contribution in [0, 0.1) is 5.92 Å². The molecule has 0 aliphatic heterocycles. The topological polar surface area (TPSA) is 69.6 Å². The highest BCUT2D eigenvalue weighted by molar-refractivity contribution is 5.82. The summed E-state index contributed by atoms with van der Waals surface area (Å²) in [6, 6.07) is 8.46. The van der Waals surface area contributed by atoms with E-state index in [-0.39, 0.29) is 11.9 Å². The van der Waals surface area contributed by atoms with Gasteiger partial charge in [0, 0.05) is 13.1 Å². The monoisotopic (exact) mass is 292 g/mol. The van der Waals surface area contributed by atoms with Crippen LogP contribution in [-0.2, 0) is 11.3 Å². The van der Waals surface area contributed by atoms with Crippen LogP contribution in [0.4, 0.5) is 4.79 Å². The highest BCUT2D eigenvalue weighted by Gasteiger charge is 2.23. The van der Waals surface area contributed by atoms with Crippen LogP contribution >= 0.6 is 0 Å². The van der Waals surface area contributed by atoms with Crippen molar-refractivity contribution in [3.8, 4) is 0 Å². The number of carbonyl (C=O) groups excluding carboxylic acids is 1. The van der Waals surface area contributed by atoms with Crippen molar-refractivity contribution >= 4 is 12.0 Å². The number of nitrogens with zero attached hydrogens (tertiary/aromatic N) is 1. The van der Waals surface area contributed by atoms with E-state index in [9.17, 15) is 14.7 Å². The van der Waals surface area contributed by atoms with Crippen molar-refractivity contribution in [3.05, 3.63) is 35.9 Å². The summed E-state index contributed by atoms with van der Waals surface area (Å²) in [5, 5.41) is 11.8. The minimum Gasteiger partial charge on any atom is -0.480 e. The van der Waals surface area contributed by atoms with Gasteiger partial charge in [-0.1, -0.05) is 44.2 Å². The van der Waals surface area contributed by atoms with Gasteiger partial charge in [-0.15, -0.1) is 0 Å². The minimum atomic E-state index is -0.993. The maximum Gasteiger partial charge on any atom is 0.326 e. The molecule has 0 fully saturated rings. The molecule has 2 N–H and O–H groups in total. The van der Waals surface area contributed by atoms with Crippen LogP contribution in [-0.4, -0.2) is 34.6 Å². The van der Waals surface area contributed by atoms with Gasteiger partial charge in [0.05, 0.1) is 0 Å². The maximum atomic E-state index is 12.2. The average Bonchev–Trinajstić information content (AvgIpc) is 2.44. The van der Waals surface area contributed by atoms with Gasteiger partial charge < -0.3 is 15.3 Å². The second kappa shape index (κ2) is 8.29.